The molecule has 9 heteroatoms. The number of para-hydroxylation sites is 2. The van der Waals surface area contributed by atoms with Gasteiger partial charge in [-0.2, -0.15) is 0 Å². The van der Waals surface area contributed by atoms with Gasteiger partial charge < -0.3 is 10.1 Å². The number of alkyl carbamates (subject to hydrolysis) is 1. The first-order chi connectivity index (χ1) is 11.9. The summed E-state index contributed by atoms with van der Waals surface area (Å²) in [6.07, 6.45) is 0.892. The Hall–Kier alpha value is -1.86. The summed E-state index contributed by atoms with van der Waals surface area (Å²) in [6.45, 7) is 0. The normalized spacial score (nSPS) is 10.6. The second-order valence-electron chi connectivity index (χ2n) is 4.63. The van der Waals surface area contributed by atoms with Crippen molar-refractivity contribution in [1.82, 2.24) is 5.32 Å². The maximum atomic E-state index is 11.2. The SMILES string of the molecule is COC(=O)NC(=S)Nc1ccccc1N=Cc1cc(Cl)c(Cl)cc1Cl. The smallest absolute Gasteiger partial charge is 0.413 e. The lowest BCUT2D eigenvalue weighted by Gasteiger charge is -2.10. The van der Waals surface area contributed by atoms with Crippen LogP contribution in [0.15, 0.2) is 41.4 Å². The van der Waals surface area contributed by atoms with Crippen LogP contribution in [-0.2, 0) is 4.74 Å². The van der Waals surface area contributed by atoms with E-state index in [0.717, 1.165) is 0 Å². The highest BCUT2D eigenvalue weighted by atomic mass is 35.5. The summed E-state index contributed by atoms with van der Waals surface area (Å²) in [5, 5.41) is 6.48. The highest BCUT2D eigenvalue weighted by Gasteiger charge is 2.07. The highest BCUT2D eigenvalue weighted by Crippen LogP contribution is 2.29. The van der Waals surface area contributed by atoms with E-state index in [2.05, 4.69) is 20.4 Å². The molecule has 130 valence electrons. The third-order valence-electron chi connectivity index (χ3n) is 2.94. The topological polar surface area (TPSA) is 62.7 Å². The summed E-state index contributed by atoms with van der Waals surface area (Å²) in [6, 6.07) is 10.3. The Labute approximate surface area is 164 Å². The lowest BCUT2D eigenvalue weighted by Crippen LogP contribution is -2.33. The molecule has 25 heavy (non-hydrogen) atoms. The van der Waals surface area contributed by atoms with Crippen molar-refractivity contribution in [2.75, 3.05) is 12.4 Å². The Morgan fingerprint density at radius 2 is 1.84 bits per heavy atom. The summed E-state index contributed by atoms with van der Waals surface area (Å²) < 4.78 is 4.48. The van der Waals surface area contributed by atoms with Crippen LogP contribution in [0.3, 0.4) is 0 Å². The van der Waals surface area contributed by atoms with Crippen molar-refractivity contribution in [2.24, 2.45) is 4.99 Å². The number of halogens is 3. The predicted octanol–water partition coefficient (Wildman–Crippen LogP) is 5.45. The Morgan fingerprint density at radius 3 is 2.56 bits per heavy atom. The molecule has 0 fully saturated rings. The summed E-state index contributed by atoms with van der Waals surface area (Å²) in [5.74, 6) is 0. The quantitative estimate of drug-likeness (QED) is 0.397. The molecule has 0 spiro atoms. The molecule has 0 bridgehead atoms. The number of methoxy groups -OCH3 is 1. The standard InChI is InChI=1S/C16H12Cl3N3O2S/c1-24-16(23)22-15(25)21-14-5-3-2-4-13(14)20-8-9-6-11(18)12(19)7-10(9)17/h2-8H,1H3,(H2,21,22,23,25). The van der Waals surface area contributed by atoms with Crippen LogP contribution in [0, 0.1) is 0 Å². The number of aliphatic imine (C=N–C) groups is 1. The number of carbonyl (C=O) groups is 1. The number of ether oxygens (including phenoxy) is 1. The van der Waals surface area contributed by atoms with Gasteiger partial charge in [0, 0.05) is 11.8 Å². The summed E-state index contributed by atoms with van der Waals surface area (Å²) in [5.41, 5.74) is 1.79. The number of nitrogens with one attached hydrogen (secondary N) is 2. The van der Waals surface area contributed by atoms with E-state index in [1.165, 1.54) is 7.11 Å². The molecule has 0 aliphatic carbocycles. The molecule has 0 heterocycles. The summed E-state index contributed by atoms with van der Waals surface area (Å²) in [4.78, 5) is 15.6. The van der Waals surface area contributed by atoms with Gasteiger partial charge in [0.15, 0.2) is 5.11 Å². The maximum Gasteiger partial charge on any atom is 0.413 e. The fourth-order valence-corrected chi connectivity index (χ4v) is 2.56. The van der Waals surface area contributed by atoms with Gasteiger partial charge in [-0.3, -0.25) is 10.3 Å². The predicted molar refractivity (Wildman–Crippen MR) is 107 cm³/mol. The molecular formula is C16H12Cl3N3O2S. The molecule has 2 aromatic rings. The van der Waals surface area contributed by atoms with Crippen LogP contribution in [0.25, 0.3) is 0 Å². The van der Waals surface area contributed by atoms with Gasteiger partial charge in [-0.25, -0.2) is 4.79 Å². The first-order valence-corrected chi connectivity index (χ1v) is 8.38. The Kier molecular flexibility index (Phi) is 7.01. The van der Waals surface area contributed by atoms with E-state index >= 15 is 0 Å². The average molecular weight is 417 g/mol. The van der Waals surface area contributed by atoms with Gasteiger partial charge in [-0.05, 0) is 36.5 Å². The first-order valence-electron chi connectivity index (χ1n) is 6.84. The number of anilines is 1. The molecule has 0 aromatic heterocycles. The number of hydrogen-bond acceptors (Lipinski definition) is 4. The minimum atomic E-state index is -0.666. The van der Waals surface area contributed by atoms with E-state index < -0.39 is 6.09 Å². The zero-order valence-corrected chi connectivity index (χ0v) is 15.9. The van der Waals surface area contributed by atoms with Crippen LogP contribution in [0.2, 0.25) is 15.1 Å². The Morgan fingerprint density at radius 1 is 1.16 bits per heavy atom. The second-order valence-corrected chi connectivity index (χ2v) is 6.26. The molecule has 0 aliphatic heterocycles. The van der Waals surface area contributed by atoms with Gasteiger partial charge in [-0.15, -0.1) is 0 Å². The summed E-state index contributed by atoms with van der Waals surface area (Å²) in [7, 11) is 1.25. The molecule has 0 atom stereocenters. The molecule has 0 radical (unpaired) electrons. The molecule has 5 nitrogen and oxygen atoms in total. The van der Waals surface area contributed by atoms with Gasteiger partial charge in [0.1, 0.15) is 0 Å². The van der Waals surface area contributed by atoms with Gasteiger partial charge in [0.05, 0.1) is 33.6 Å². The van der Waals surface area contributed by atoms with E-state index in [-0.39, 0.29) is 5.11 Å². The largest absolute Gasteiger partial charge is 0.453 e. The number of benzene rings is 2. The van der Waals surface area contributed by atoms with Crippen molar-refractivity contribution in [3.8, 4) is 0 Å². The zero-order chi connectivity index (χ0) is 18.4. The summed E-state index contributed by atoms with van der Waals surface area (Å²) >= 11 is 23.1. The van der Waals surface area contributed by atoms with Crippen LogP contribution in [0.4, 0.5) is 16.2 Å². The van der Waals surface area contributed by atoms with Crippen molar-refractivity contribution in [1.29, 1.82) is 0 Å². The minimum Gasteiger partial charge on any atom is -0.453 e. The average Bonchev–Trinajstić information content (AvgIpc) is 2.58. The van der Waals surface area contributed by atoms with Gasteiger partial charge in [-0.1, -0.05) is 46.9 Å². The monoisotopic (exact) mass is 415 g/mol. The molecule has 1 amide bonds. The van der Waals surface area contributed by atoms with Crippen LogP contribution in [0.5, 0.6) is 0 Å². The first kappa shape index (κ1) is 19.5. The third-order valence-corrected chi connectivity index (χ3v) is 4.19. The van der Waals surface area contributed by atoms with E-state index in [0.29, 0.717) is 32.0 Å². The molecule has 2 N–H and O–H groups in total. The van der Waals surface area contributed by atoms with Crippen LogP contribution in [-0.4, -0.2) is 24.5 Å². The number of amides is 1. The molecule has 2 rings (SSSR count). The van der Waals surface area contributed by atoms with Crippen molar-refractivity contribution in [2.45, 2.75) is 0 Å². The van der Waals surface area contributed by atoms with Crippen molar-refractivity contribution in [3.05, 3.63) is 57.0 Å². The van der Waals surface area contributed by atoms with Crippen LogP contribution >= 0.6 is 47.0 Å². The molecular weight excluding hydrogens is 405 g/mol. The Bertz CT molecular complexity index is 843. The van der Waals surface area contributed by atoms with Gasteiger partial charge in [0.25, 0.3) is 0 Å². The van der Waals surface area contributed by atoms with Crippen LogP contribution in [0.1, 0.15) is 5.56 Å². The van der Waals surface area contributed by atoms with Crippen molar-refractivity contribution < 1.29 is 9.53 Å². The van der Waals surface area contributed by atoms with E-state index in [1.54, 1.807) is 36.5 Å². The fourth-order valence-electron chi connectivity index (χ4n) is 1.77. The zero-order valence-electron chi connectivity index (χ0n) is 12.8. The van der Waals surface area contributed by atoms with E-state index in [1.807, 2.05) is 6.07 Å². The number of rotatable bonds is 3. The molecule has 0 saturated heterocycles. The molecule has 0 saturated carbocycles. The lowest BCUT2D eigenvalue weighted by atomic mass is 10.2. The number of nitrogens with zero attached hydrogens (tertiary/aromatic N) is 1. The number of hydrogen-bond donors (Lipinski definition) is 2. The number of thiocarbonyl (C=S) groups is 1. The fraction of sp³-hybridized carbons (Fsp3) is 0.0625. The van der Waals surface area contributed by atoms with Gasteiger partial charge in [0.2, 0.25) is 0 Å². The second kappa shape index (κ2) is 9.01. The third kappa shape index (κ3) is 5.57. The highest BCUT2D eigenvalue weighted by molar-refractivity contribution is 7.80. The Balaban J connectivity index is 2.22. The van der Waals surface area contributed by atoms with Crippen LogP contribution < -0.4 is 10.6 Å². The maximum absolute atomic E-state index is 11.2. The molecule has 2 aromatic carbocycles. The number of carbonyl (C=O) groups excluding carboxylic acids is 1. The van der Waals surface area contributed by atoms with E-state index in [4.69, 9.17) is 47.0 Å². The van der Waals surface area contributed by atoms with E-state index in [9.17, 15) is 4.79 Å². The lowest BCUT2D eigenvalue weighted by molar-refractivity contribution is 0.177. The van der Waals surface area contributed by atoms with Crippen molar-refractivity contribution >= 4 is 75.8 Å². The van der Waals surface area contributed by atoms with Crippen molar-refractivity contribution in [3.63, 3.8) is 0 Å². The molecule has 0 aliphatic rings. The van der Waals surface area contributed by atoms with Gasteiger partial charge >= 0.3 is 6.09 Å². The minimum absolute atomic E-state index is 0.0852. The molecule has 0 unspecified atom stereocenters.